The van der Waals surface area contributed by atoms with Crippen molar-refractivity contribution in [3.8, 4) is 5.69 Å². The molecule has 0 saturated carbocycles. The van der Waals surface area contributed by atoms with E-state index in [4.69, 9.17) is 0 Å². The van der Waals surface area contributed by atoms with Crippen molar-refractivity contribution in [2.75, 3.05) is 17.6 Å². The van der Waals surface area contributed by atoms with E-state index in [2.05, 4.69) is 10.1 Å². The summed E-state index contributed by atoms with van der Waals surface area (Å²) in [5.41, 5.74) is 3.98. The Morgan fingerprint density at radius 3 is 2.52 bits per heavy atom. The van der Waals surface area contributed by atoms with Crippen molar-refractivity contribution in [1.29, 1.82) is 0 Å². The number of rotatable bonds is 5. The Hall–Kier alpha value is -3.20. The van der Waals surface area contributed by atoms with Crippen LogP contribution in [0.2, 0.25) is 0 Å². The number of fused-ring (bicyclic) bond motifs is 1. The predicted molar refractivity (Wildman–Crippen MR) is 119 cm³/mol. The van der Waals surface area contributed by atoms with Gasteiger partial charge in [-0.05, 0) is 61.7 Å². The highest BCUT2D eigenvalue weighted by atomic mass is 32.2. The van der Waals surface area contributed by atoms with Gasteiger partial charge in [-0.3, -0.25) is 9.10 Å². The summed E-state index contributed by atoms with van der Waals surface area (Å²) in [7, 11) is -1.58. The molecular formula is C22H25N5O3S. The topological polar surface area (TPSA) is 88.4 Å². The van der Waals surface area contributed by atoms with Gasteiger partial charge in [0.25, 0.3) is 5.91 Å². The molecule has 2 atom stereocenters. The van der Waals surface area contributed by atoms with Crippen LogP contribution in [0.25, 0.3) is 5.69 Å². The van der Waals surface area contributed by atoms with E-state index in [-0.39, 0.29) is 18.0 Å². The Morgan fingerprint density at radius 1 is 1.19 bits per heavy atom. The Balaban J connectivity index is 1.54. The third kappa shape index (κ3) is 3.93. The fourth-order valence-corrected chi connectivity index (χ4v) is 5.36. The lowest BCUT2D eigenvalue weighted by Gasteiger charge is -2.26. The van der Waals surface area contributed by atoms with Crippen LogP contribution in [0.4, 0.5) is 5.69 Å². The van der Waals surface area contributed by atoms with E-state index in [9.17, 15) is 13.2 Å². The Morgan fingerprint density at radius 2 is 1.90 bits per heavy atom. The van der Waals surface area contributed by atoms with Crippen molar-refractivity contribution in [2.45, 2.75) is 32.4 Å². The fraction of sp³-hybridized carbons (Fsp3) is 0.318. The number of anilines is 1. The first-order chi connectivity index (χ1) is 14.7. The van der Waals surface area contributed by atoms with E-state index >= 15 is 0 Å². The van der Waals surface area contributed by atoms with Crippen molar-refractivity contribution in [3.63, 3.8) is 0 Å². The standard InChI is InChI=1S/C22H25N5O3S/c1-15-11-19-12-18(7-10-21(19)27(15)31(4,29)30)22(28)25(3)16(2)17-5-8-20(9-6-17)26-14-23-13-24-26/h5-10,12-16H,11H2,1-4H3. The minimum Gasteiger partial charge on any atom is -0.335 e. The zero-order valence-electron chi connectivity index (χ0n) is 17.9. The molecule has 3 aromatic rings. The third-order valence-electron chi connectivity index (χ3n) is 5.80. The van der Waals surface area contributed by atoms with Crippen LogP contribution in [0.5, 0.6) is 0 Å². The van der Waals surface area contributed by atoms with E-state index in [1.807, 2.05) is 44.2 Å². The average Bonchev–Trinajstić information content (AvgIpc) is 3.38. The molecule has 0 fully saturated rings. The summed E-state index contributed by atoms with van der Waals surface area (Å²) >= 11 is 0. The first-order valence-electron chi connectivity index (χ1n) is 10.0. The van der Waals surface area contributed by atoms with Gasteiger partial charge in [-0.2, -0.15) is 5.10 Å². The molecule has 0 N–H and O–H groups in total. The van der Waals surface area contributed by atoms with Gasteiger partial charge in [0.2, 0.25) is 10.0 Å². The van der Waals surface area contributed by atoms with E-state index in [0.29, 0.717) is 17.7 Å². The lowest BCUT2D eigenvalue weighted by molar-refractivity contribution is 0.0742. The summed E-state index contributed by atoms with van der Waals surface area (Å²) < 4.78 is 27.3. The Kier molecular flexibility index (Phi) is 5.30. The van der Waals surface area contributed by atoms with Crippen molar-refractivity contribution in [3.05, 3.63) is 71.8 Å². The quantitative estimate of drug-likeness (QED) is 0.610. The number of sulfonamides is 1. The summed E-state index contributed by atoms with van der Waals surface area (Å²) in [5, 5.41) is 4.12. The molecule has 0 spiro atoms. The molecule has 0 radical (unpaired) electrons. The summed E-state index contributed by atoms with van der Waals surface area (Å²) in [5.74, 6) is -0.110. The van der Waals surface area contributed by atoms with E-state index in [0.717, 1.165) is 16.8 Å². The van der Waals surface area contributed by atoms with Crippen LogP contribution in [0.15, 0.2) is 55.1 Å². The average molecular weight is 440 g/mol. The van der Waals surface area contributed by atoms with Crippen LogP contribution < -0.4 is 4.31 Å². The second-order valence-corrected chi connectivity index (χ2v) is 9.84. The molecule has 31 heavy (non-hydrogen) atoms. The molecule has 162 valence electrons. The SMILES string of the molecule is CC(c1ccc(-n2cncn2)cc1)N(C)C(=O)c1ccc2c(c1)CC(C)N2S(C)(=O)=O. The molecule has 2 heterocycles. The number of nitrogens with zero attached hydrogens (tertiary/aromatic N) is 5. The van der Waals surface area contributed by atoms with Gasteiger partial charge >= 0.3 is 0 Å². The van der Waals surface area contributed by atoms with Crippen molar-refractivity contribution < 1.29 is 13.2 Å². The largest absolute Gasteiger partial charge is 0.335 e. The monoisotopic (exact) mass is 439 g/mol. The molecule has 0 saturated heterocycles. The van der Waals surface area contributed by atoms with Gasteiger partial charge in [0.1, 0.15) is 12.7 Å². The minimum absolute atomic E-state index is 0.110. The summed E-state index contributed by atoms with van der Waals surface area (Å²) in [6.07, 6.45) is 4.91. The molecule has 1 aliphatic heterocycles. The van der Waals surface area contributed by atoms with Crippen LogP contribution in [-0.4, -0.2) is 53.3 Å². The smallest absolute Gasteiger partial charge is 0.254 e. The molecule has 1 aliphatic rings. The van der Waals surface area contributed by atoms with Crippen LogP contribution >= 0.6 is 0 Å². The molecular weight excluding hydrogens is 414 g/mol. The number of benzene rings is 2. The number of aromatic nitrogens is 3. The van der Waals surface area contributed by atoms with Gasteiger partial charge in [-0.15, -0.1) is 0 Å². The molecule has 0 aliphatic carbocycles. The first kappa shape index (κ1) is 21.0. The van der Waals surface area contributed by atoms with Crippen LogP contribution in [0.1, 0.15) is 41.4 Å². The molecule has 2 unspecified atom stereocenters. The predicted octanol–water partition coefficient (Wildman–Crippen LogP) is 2.81. The van der Waals surface area contributed by atoms with Crippen molar-refractivity contribution >= 4 is 21.6 Å². The third-order valence-corrected chi connectivity index (χ3v) is 7.07. The second-order valence-electron chi connectivity index (χ2n) is 7.98. The van der Waals surface area contributed by atoms with Crippen LogP contribution in [0.3, 0.4) is 0 Å². The Bertz CT molecular complexity index is 1210. The van der Waals surface area contributed by atoms with Gasteiger partial charge < -0.3 is 4.90 Å². The van der Waals surface area contributed by atoms with E-state index < -0.39 is 10.0 Å². The summed E-state index contributed by atoms with van der Waals surface area (Å²) in [6.45, 7) is 3.85. The number of amides is 1. The molecule has 8 nitrogen and oxygen atoms in total. The number of carbonyl (C=O) groups is 1. The maximum absolute atomic E-state index is 13.1. The van der Waals surface area contributed by atoms with Gasteiger partial charge in [0.05, 0.1) is 23.7 Å². The lowest BCUT2D eigenvalue weighted by Crippen LogP contribution is -2.34. The van der Waals surface area contributed by atoms with Crippen molar-refractivity contribution in [1.82, 2.24) is 19.7 Å². The fourth-order valence-electron chi connectivity index (χ4n) is 4.09. The van der Waals surface area contributed by atoms with Gasteiger partial charge in [0, 0.05) is 18.7 Å². The maximum Gasteiger partial charge on any atom is 0.254 e. The Labute approximate surface area is 182 Å². The van der Waals surface area contributed by atoms with E-state index in [1.54, 1.807) is 35.1 Å². The summed E-state index contributed by atoms with van der Waals surface area (Å²) in [4.78, 5) is 18.8. The molecule has 0 bridgehead atoms. The van der Waals surface area contributed by atoms with Gasteiger partial charge in [-0.25, -0.2) is 18.1 Å². The summed E-state index contributed by atoms with van der Waals surface area (Å²) in [6, 6.07) is 12.8. The molecule has 9 heteroatoms. The normalized spacial score (nSPS) is 16.8. The van der Waals surface area contributed by atoms with Crippen LogP contribution in [0, 0.1) is 0 Å². The number of carbonyl (C=O) groups excluding carboxylic acids is 1. The maximum atomic E-state index is 13.1. The molecule has 4 rings (SSSR count). The van der Waals surface area contributed by atoms with Crippen molar-refractivity contribution in [2.24, 2.45) is 0 Å². The highest BCUT2D eigenvalue weighted by Gasteiger charge is 2.33. The second kappa shape index (κ2) is 7.81. The van der Waals surface area contributed by atoms with Gasteiger partial charge in [-0.1, -0.05) is 12.1 Å². The van der Waals surface area contributed by atoms with E-state index in [1.165, 1.54) is 16.9 Å². The number of hydrogen-bond acceptors (Lipinski definition) is 5. The molecule has 1 amide bonds. The zero-order chi connectivity index (χ0) is 22.3. The highest BCUT2D eigenvalue weighted by molar-refractivity contribution is 7.92. The lowest BCUT2D eigenvalue weighted by atomic mass is 10.0. The van der Waals surface area contributed by atoms with Crippen LogP contribution in [-0.2, 0) is 16.4 Å². The first-order valence-corrected chi connectivity index (χ1v) is 11.9. The molecule has 1 aromatic heterocycles. The van der Waals surface area contributed by atoms with Gasteiger partial charge in [0.15, 0.2) is 0 Å². The zero-order valence-corrected chi connectivity index (χ0v) is 18.7. The molecule has 2 aromatic carbocycles. The minimum atomic E-state index is -3.36. The highest BCUT2D eigenvalue weighted by Crippen LogP contribution is 2.35. The number of hydrogen-bond donors (Lipinski definition) is 0.